The van der Waals surface area contributed by atoms with E-state index in [0.29, 0.717) is 18.7 Å². The summed E-state index contributed by atoms with van der Waals surface area (Å²) in [7, 11) is 0. The molecule has 2 aromatic rings. The minimum atomic E-state index is -4.54. The second-order valence-electron chi connectivity index (χ2n) is 7.68. The van der Waals surface area contributed by atoms with Gasteiger partial charge in [0.2, 0.25) is 0 Å². The van der Waals surface area contributed by atoms with Crippen LogP contribution in [0.4, 0.5) is 32.2 Å². The van der Waals surface area contributed by atoms with Crippen molar-refractivity contribution in [2.75, 3.05) is 4.90 Å². The molecule has 0 amide bonds. The number of benzene rings is 1. The van der Waals surface area contributed by atoms with E-state index in [0.717, 1.165) is 37.2 Å². The van der Waals surface area contributed by atoms with Gasteiger partial charge in [0.05, 0.1) is 11.1 Å². The first-order valence-electron chi connectivity index (χ1n) is 9.62. The molecule has 11 heteroatoms. The molecule has 2 unspecified atom stereocenters. The lowest BCUT2D eigenvalue weighted by atomic mass is 9.99. The number of fused-ring (bicyclic) bond motifs is 2. The van der Waals surface area contributed by atoms with Crippen LogP contribution in [0.3, 0.4) is 0 Å². The molecule has 0 aliphatic carbocycles. The highest BCUT2D eigenvalue weighted by Crippen LogP contribution is 2.42. The first-order chi connectivity index (χ1) is 14.6. The lowest BCUT2D eigenvalue weighted by molar-refractivity contribution is -0.138. The highest BCUT2D eigenvalue weighted by molar-refractivity contribution is 5.46. The smallest absolute Gasteiger partial charge is 0.417 e. The first-order valence-corrected chi connectivity index (χ1v) is 9.62. The molecule has 2 aliphatic heterocycles. The molecule has 5 nitrogen and oxygen atoms in total. The molecule has 2 N–H and O–H groups in total. The van der Waals surface area contributed by atoms with E-state index in [1.165, 1.54) is 12.1 Å². The van der Waals surface area contributed by atoms with Crippen molar-refractivity contribution in [1.29, 1.82) is 0 Å². The number of alkyl halides is 6. The Labute approximate surface area is 173 Å². The molecule has 31 heavy (non-hydrogen) atoms. The summed E-state index contributed by atoms with van der Waals surface area (Å²) in [5, 5.41) is 0. The molecule has 1 aromatic carbocycles. The monoisotopic (exact) mass is 447 g/mol. The fourth-order valence-corrected chi connectivity index (χ4v) is 4.36. The number of nitrogens with two attached hydrogens (primary N) is 1. The molecule has 1 aromatic heterocycles. The third-order valence-electron chi connectivity index (χ3n) is 5.72. The van der Waals surface area contributed by atoms with Gasteiger partial charge in [0.15, 0.2) is 11.5 Å². The van der Waals surface area contributed by atoms with Crippen LogP contribution in [-0.2, 0) is 12.4 Å². The minimum absolute atomic E-state index is 0.00433. The molecule has 3 heterocycles. The predicted octanol–water partition coefficient (Wildman–Crippen LogP) is 4.95. The molecule has 2 fully saturated rings. The maximum Gasteiger partial charge on any atom is 0.417 e. The Bertz CT molecular complexity index is 918. The number of rotatable bonds is 4. The lowest BCUT2D eigenvalue weighted by Crippen LogP contribution is -2.46. The van der Waals surface area contributed by atoms with Crippen LogP contribution in [0.5, 0.6) is 11.5 Å². The van der Waals surface area contributed by atoms with Gasteiger partial charge in [-0.05, 0) is 43.2 Å². The topological polar surface area (TPSA) is 60.6 Å². The van der Waals surface area contributed by atoms with Crippen LogP contribution in [0.2, 0.25) is 0 Å². The van der Waals surface area contributed by atoms with Crippen LogP contribution in [0.1, 0.15) is 36.8 Å². The van der Waals surface area contributed by atoms with Crippen molar-refractivity contribution >= 4 is 5.82 Å². The van der Waals surface area contributed by atoms with Gasteiger partial charge in [0, 0.05) is 31.1 Å². The number of anilines is 1. The van der Waals surface area contributed by atoms with Gasteiger partial charge in [-0.1, -0.05) is 0 Å². The van der Waals surface area contributed by atoms with Crippen molar-refractivity contribution in [3.63, 3.8) is 0 Å². The quantitative estimate of drug-likeness (QED) is 0.531. The van der Waals surface area contributed by atoms with Gasteiger partial charge in [0.1, 0.15) is 11.9 Å². The van der Waals surface area contributed by atoms with Crippen molar-refractivity contribution in [2.24, 2.45) is 5.90 Å². The minimum Gasteiger partial charge on any atom is -0.486 e. The summed E-state index contributed by atoms with van der Waals surface area (Å²) >= 11 is 0. The van der Waals surface area contributed by atoms with Gasteiger partial charge in [-0.15, -0.1) is 0 Å². The Balaban J connectivity index is 1.47. The molecule has 2 saturated heterocycles. The van der Waals surface area contributed by atoms with E-state index in [4.69, 9.17) is 10.6 Å². The van der Waals surface area contributed by atoms with E-state index in [9.17, 15) is 26.3 Å². The molecule has 2 bridgehead atoms. The zero-order chi connectivity index (χ0) is 22.4. The zero-order valence-corrected chi connectivity index (χ0v) is 16.1. The SMILES string of the molecule is NOc1cc(C(F)(F)F)ccc1OC1CC2CCC(C1)N2c1ccc(C(F)(F)F)cn1. The molecular weight excluding hydrogens is 428 g/mol. The third-order valence-corrected chi connectivity index (χ3v) is 5.72. The fraction of sp³-hybridized carbons (Fsp3) is 0.450. The summed E-state index contributed by atoms with van der Waals surface area (Å²) in [5.41, 5.74) is -1.71. The average molecular weight is 447 g/mol. The van der Waals surface area contributed by atoms with E-state index in [1.807, 2.05) is 4.90 Å². The number of hydrogen-bond donors (Lipinski definition) is 1. The highest BCUT2D eigenvalue weighted by atomic mass is 19.4. The van der Waals surface area contributed by atoms with Crippen LogP contribution in [0, 0.1) is 0 Å². The van der Waals surface area contributed by atoms with Gasteiger partial charge in [-0.2, -0.15) is 32.2 Å². The van der Waals surface area contributed by atoms with Crippen molar-refractivity contribution < 1.29 is 35.9 Å². The van der Waals surface area contributed by atoms with E-state index in [1.54, 1.807) is 0 Å². The molecule has 168 valence electrons. The van der Waals surface area contributed by atoms with E-state index in [-0.39, 0.29) is 29.7 Å². The van der Waals surface area contributed by atoms with Gasteiger partial charge in [-0.3, -0.25) is 0 Å². The Morgan fingerprint density at radius 3 is 2.00 bits per heavy atom. The Hall–Kier alpha value is -2.69. The predicted molar refractivity (Wildman–Crippen MR) is 98.4 cm³/mol. The maximum absolute atomic E-state index is 12.9. The molecule has 0 spiro atoms. The number of aromatic nitrogens is 1. The van der Waals surface area contributed by atoms with Crippen LogP contribution >= 0.6 is 0 Å². The second-order valence-corrected chi connectivity index (χ2v) is 7.68. The van der Waals surface area contributed by atoms with Crippen molar-refractivity contribution in [3.8, 4) is 11.5 Å². The van der Waals surface area contributed by atoms with Gasteiger partial charge in [-0.25, -0.2) is 4.98 Å². The average Bonchev–Trinajstić information content (AvgIpc) is 2.97. The van der Waals surface area contributed by atoms with Crippen LogP contribution in [-0.4, -0.2) is 23.2 Å². The molecule has 0 saturated carbocycles. The standard InChI is InChI=1S/C20H19F6N3O2/c21-19(22,23)11-1-5-16(17(7-11)31-27)30-15-8-13-3-4-14(9-15)29(13)18-6-2-12(10-28-18)20(24,25)26/h1-2,5-7,10,13-15H,3-4,8-9,27H2. The number of piperidine rings is 1. The second kappa shape index (κ2) is 7.77. The first kappa shape index (κ1) is 21.5. The number of pyridine rings is 1. The number of halogens is 6. The van der Waals surface area contributed by atoms with Gasteiger partial charge >= 0.3 is 12.4 Å². The van der Waals surface area contributed by atoms with Gasteiger partial charge < -0.3 is 14.5 Å². The van der Waals surface area contributed by atoms with Crippen molar-refractivity contribution in [1.82, 2.24) is 4.98 Å². The summed E-state index contributed by atoms with van der Waals surface area (Å²) in [4.78, 5) is 10.6. The van der Waals surface area contributed by atoms with Crippen molar-refractivity contribution in [3.05, 3.63) is 47.7 Å². The van der Waals surface area contributed by atoms with Crippen molar-refractivity contribution in [2.45, 2.75) is 56.2 Å². The van der Waals surface area contributed by atoms with E-state index < -0.39 is 23.5 Å². The lowest BCUT2D eigenvalue weighted by Gasteiger charge is -2.39. The van der Waals surface area contributed by atoms with Crippen LogP contribution < -0.4 is 20.4 Å². The zero-order valence-electron chi connectivity index (χ0n) is 16.1. The number of ether oxygens (including phenoxy) is 1. The maximum atomic E-state index is 12.9. The molecular formula is C20H19F6N3O2. The highest BCUT2D eigenvalue weighted by Gasteiger charge is 2.43. The van der Waals surface area contributed by atoms with Gasteiger partial charge in [0.25, 0.3) is 0 Å². The van der Waals surface area contributed by atoms with Crippen LogP contribution in [0.15, 0.2) is 36.5 Å². The summed E-state index contributed by atoms with van der Waals surface area (Å²) < 4.78 is 82.9. The normalized spacial score (nSPS) is 23.7. The molecule has 2 aliphatic rings. The Morgan fingerprint density at radius 1 is 0.871 bits per heavy atom. The Morgan fingerprint density at radius 2 is 1.48 bits per heavy atom. The third kappa shape index (κ3) is 4.36. The van der Waals surface area contributed by atoms with Crippen LogP contribution in [0.25, 0.3) is 0 Å². The molecule has 0 radical (unpaired) electrons. The molecule has 2 atom stereocenters. The Kier molecular flexibility index (Phi) is 5.40. The number of hydrogen-bond acceptors (Lipinski definition) is 5. The summed E-state index contributed by atoms with van der Waals surface area (Å²) in [5.74, 6) is 5.50. The largest absolute Gasteiger partial charge is 0.486 e. The summed E-state index contributed by atoms with van der Waals surface area (Å²) in [6.07, 6.45) is -5.73. The number of nitrogens with zero attached hydrogens (tertiary/aromatic N) is 2. The van der Waals surface area contributed by atoms with E-state index >= 15 is 0 Å². The fourth-order valence-electron chi connectivity index (χ4n) is 4.36. The van der Waals surface area contributed by atoms with E-state index in [2.05, 4.69) is 9.82 Å². The molecule has 4 rings (SSSR count). The summed E-state index contributed by atoms with van der Waals surface area (Å²) in [6, 6.07) is 5.24. The summed E-state index contributed by atoms with van der Waals surface area (Å²) in [6.45, 7) is 0.